The van der Waals surface area contributed by atoms with Crippen LogP contribution >= 0.6 is 11.6 Å². The summed E-state index contributed by atoms with van der Waals surface area (Å²) in [4.78, 5) is 31.0. The van der Waals surface area contributed by atoms with Gasteiger partial charge in [-0.15, -0.1) is 0 Å². The van der Waals surface area contributed by atoms with Gasteiger partial charge in [-0.25, -0.2) is 0 Å². The Balaban J connectivity index is 1.81. The number of carbonyl (C=O) groups is 2. The molecular formula is C18H24ClN3O3. The second-order valence-corrected chi connectivity index (χ2v) is 6.93. The average Bonchev–Trinajstić information content (AvgIpc) is 2.64. The van der Waals surface area contributed by atoms with Crippen molar-refractivity contribution in [1.82, 2.24) is 14.7 Å². The number of halogens is 1. The number of amides is 2. The molecule has 0 aromatic heterocycles. The van der Waals surface area contributed by atoms with Gasteiger partial charge in [-0.3, -0.25) is 9.59 Å². The van der Waals surface area contributed by atoms with E-state index in [0.717, 1.165) is 25.2 Å². The van der Waals surface area contributed by atoms with Crippen LogP contribution in [0.2, 0.25) is 5.02 Å². The summed E-state index contributed by atoms with van der Waals surface area (Å²) >= 11 is 5.97. The minimum Gasteiger partial charge on any atom is -0.356 e. The van der Waals surface area contributed by atoms with Crippen molar-refractivity contribution in [2.75, 3.05) is 46.4 Å². The van der Waals surface area contributed by atoms with Gasteiger partial charge in [-0.2, -0.15) is 0 Å². The third kappa shape index (κ3) is 3.81. The summed E-state index contributed by atoms with van der Waals surface area (Å²) in [7, 11) is 1.72. The molecule has 0 spiro atoms. The molecule has 2 heterocycles. The van der Waals surface area contributed by atoms with Crippen LogP contribution < -0.4 is 0 Å². The fraction of sp³-hybridized carbons (Fsp3) is 0.556. The van der Waals surface area contributed by atoms with Crippen LogP contribution in [0.1, 0.15) is 18.5 Å². The number of likely N-dealkylation sites (N-methyl/N-ethyl adjacent to an activating group) is 2. The average molecular weight is 366 g/mol. The number of rotatable bonds is 3. The zero-order valence-corrected chi connectivity index (χ0v) is 15.4. The van der Waals surface area contributed by atoms with E-state index in [0.29, 0.717) is 18.1 Å². The Morgan fingerprint density at radius 2 is 1.84 bits per heavy atom. The van der Waals surface area contributed by atoms with Crippen LogP contribution in [0.5, 0.6) is 0 Å². The Morgan fingerprint density at radius 3 is 2.44 bits per heavy atom. The molecule has 3 rings (SSSR count). The zero-order chi connectivity index (χ0) is 18.0. The van der Waals surface area contributed by atoms with Crippen molar-refractivity contribution < 1.29 is 14.3 Å². The molecule has 0 unspecified atom stereocenters. The van der Waals surface area contributed by atoms with Crippen LogP contribution in [0.15, 0.2) is 24.3 Å². The van der Waals surface area contributed by atoms with E-state index in [9.17, 15) is 9.59 Å². The minimum absolute atomic E-state index is 0.0462. The molecule has 0 radical (unpaired) electrons. The van der Waals surface area contributed by atoms with Crippen LogP contribution in [0.3, 0.4) is 0 Å². The summed E-state index contributed by atoms with van der Waals surface area (Å²) < 4.78 is 5.70. The van der Waals surface area contributed by atoms with E-state index in [1.165, 1.54) is 0 Å². The summed E-state index contributed by atoms with van der Waals surface area (Å²) in [5.41, 5.74) is 0.852. The van der Waals surface area contributed by atoms with Crippen LogP contribution in [0.25, 0.3) is 0 Å². The van der Waals surface area contributed by atoms with Crippen LogP contribution in [-0.4, -0.2) is 79.0 Å². The second-order valence-electron chi connectivity index (χ2n) is 6.49. The molecule has 2 fully saturated rings. The number of piperazine rings is 1. The number of ether oxygens (including phenoxy) is 1. The molecule has 136 valence electrons. The lowest BCUT2D eigenvalue weighted by atomic mass is 9.97. The molecule has 2 amide bonds. The Labute approximate surface area is 153 Å². The third-order valence-electron chi connectivity index (χ3n) is 5.07. The maximum absolute atomic E-state index is 13.1. The van der Waals surface area contributed by atoms with E-state index in [1.54, 1.807) is 24.1 Å². The van der Waals surface area contributed by atoms with Gasteiger partial charge in [0, 0.05) is 38.2 Å². The third-order valence-corrected chi connectivity index (χ3v) is 5.32. The molecule has 0 N–H and O–H groups in total. The Hall–Kier alpha value is -1.63. The van der Waals surface area contributed by atoms with E-state index in [4.69, 9.17) is 16.3 Å². The molecule has 0 saturated carbocycles. The van der Waals surface area contributed by atoms with Crippen molar-refractivity contribution in [1.29, 1.82) is 0 Å². The van der Waals surface area contributed by atoms with E-state index < -0.39 is 12.1 Å². The van der Waals surface area contributed by atoms with Crippen molar-refractivity contribution in [3.8, 4) is 0 Å². The maximum Gasteiger partial charge on any atom is 0.254 e. The lowest BCUT2D eigenvalue weighted by Crippen LogP contribution is -2.57. The number of hydrogen-bond donors (Lipinski definition) is 0. The minimum atomic E-state index is -0.683. The molecule has 0 bridgehead atoms. The molecule has 7 heteroatoms. The van der Waals surface area contributed by atoms with Crippen molar-refractivity contribution in [2.45, 2.75) is 19.1 Å². The van der Waals surface area contributed by atoms with Gasteiger partial charge in [0.05, 0.1) is 6.04 Å². The van der Waals surface area contributed by atoms with E-state index in [-0.39, 0.29) is 18.4 Å². The summed E-state index contributed by atoms with van der Waals surface area (Å²) in [5.74, 6) is -0.171. The monoisotopic (exact) mass is 365 g/mol. The maximum atomic E-state index is 13.1. The lowest BCUT2D eigenvalue weighted by Gasteiger charge is -2.42. The van der Waals surface area contributed by atoms with Gasteiger partial charge < -0.3 is 19.4 Å². The Bertz CT molecular complexity index is 629. The van der Waals surface area contributed by atoms with Gasteiger partial charge in [0.15, 0.2) is 6.10 Å². The van der Waals surface area contributed by atoms with E-state index in [2.05, 4.69) is 11.8 Å². The molecule has 25 heavy (non-hydrogen) atoms. The van der Waals surface area contributed by atoms with Gasteiger partial charge in [0.1, 0.15) is 6.61 Å². The van der Waals surface area contributed by atoms with Crippen molar-refractivity contribution >= 4 is 23.4 Å². The first-order chi connectivity index (χ1) is 12.0. The molecule has 2 atom stereocenters. The fourth-order valence-electron chi connectivity index (χ4n) is 3.44. The standard InChI is InChI=1S/C18H24ClN3O3/c1-3-21-8-10-22(11-9-21)18(24)17-16(20(2)15(23)12-25-17)13-4-6-14(19)7-5-13/h4-7,16-17H,3,8-12H2,1-2H3/t16-,17+/m0/s1. The predicted molar refractivity (Wildman–Crippen MR) is 95.4 cm³/mol. The first-order valence-electron chi connectivity index (χ1n) is 8.65. The molecule has 1 aromatic carbocycles. The highest BCUT2D eigenvalue weighted by Gasteiger charge is 2.42. The van der Waals surface area contributed by atoms with Gasteiger partial charge in [-0.1, -0.05) is 30.7 Å². The SMILES string of the molecule is CCN1CCN(C(=O)[C@@H]2OCC(=O)N(C)[C@H]2c2ccc(Cl)cc2)CC1. The molecule has 2 saturated heterocycles. The number of hydrogen-bond acceptors (Lipinski definition) is 4. The van der Waals surface area contributed by atoms with Crippen molar-refractivity contribution in [3.05, 3.63) is 34.9 Å². The molecule has 1 aromatic rings. The predicted octanol–water partition coefficient (Wildman–Crippen LogP) is 1.40. The van der Waals surface area contributed by atoms with Gasteiger partial charge in [-0.05, 0) is 24.2 Å². The van der Waals surface area contributed by atoms with Crippen molar-refractivity contribution in [3.63, 3.8) is 0 Å². The van der Waals surface area contributed by atoms with Crippen LogP contribution in [-0.2, 0) is 14.3 Å². The largest absolute Gasteiger partial charge is 0.356 e. The Kier molecular flexibility index (Phi) is 5.61. The number of morpholine rings is 1. The molecule has 6 nitrogen and oxygen atoms in total. The number of benzene rings is 1. The smallest absolute Gasteiger partial charge is 0.254 e. The topological polar surface area (TPSA) is 53.1 Å². The number of nitrogens with zero attached hydrogens (tertiary/aromatic N) is 3. The number of carbonyl (C=O) groups excluding carboxylic acids is 2. The van der Waals surface area contributed by atoms with Gasteiger partial charge in [0.25, 0.3) is 5.91 Å². The van der Waals surface area contributed by atoms with Crippen molar-refractivity contribution in [2.24, 2.45) is 0 Å². The quantitative estimate of drug-likeness (QED) is 0.812. The highest BCUT2D eigenvalue weighted by atomic mass is 35.5. The first kappa shape index (κ1) is 18.2. The normalized spacial score (nSPS) is 25.3. The van der Waals surface area contributed by atoms with Gasteiger partial charge >= 0.3 is 0 Å². The highest BCUT2D eigenvalue weighted by Crippen LogP contribution is 2.31. The Morgan fingerprint density at radius 1 is 1.20 bits per heavy atom. The lowest BCUT2D eigenvalue weighted by molar-refractivity contribution is -0.168. The summed E-state index contributed by atoms with van der Waals surface area (Å²) in [6, 6.07) is 6.80. The summed E-state index contributed by atoms with van der Waals surface area (Å²) in [6.45, 7) is 6.18. The second kappa shape index (κ2) is 7.72. The molecule has 2 aliphatic heterocycles. The highest BCUT2D eigenvalue weighted by molar-refractivity contribution is 6.30. The molecule has 2 aliphatic rings. The van der Waals surface area contributed by atoms with E-state index >= 15 is 0 Å². The fourth-order valence-corrected chi connectivity index (χ4v) is 3.57. The van der Waals surface area contributed by atoms with Crippen LogP contribution in [0, 0.1) is 0 Å². The molecule has 0 aliphatic carbocycles. The molecular weight excluding hydrogens is 342 g/mol. The zero-order valence-electron chi connectivity index (χ0n) is 14.7. The van der Waals surface area contributed by atoms with Gasteiger partial charge in [0.2, 0.25) is 5.91 Å². The van der Waals surface area contributed by atoms with E-state index in [1.807, 2.05) is 17.0 Å². The van der Waals surface area contributed by atoms with Crippen LogP contribution in [0.4, 0.5) is 0 Å². The summed E-state index contributed by atoms with van der Waals surface area (Å²) in [5, 5.41) is 0.619. The summed E-state index contributed by atoms with van der Waals surface area (Å²) in [6.07, 6.45) is -0.683. The first-order valence-corrected chi connectivity index (χ1v) is 9.03.